The van der Waals surface area contributed by atoms with Gasteiger partial charge in [-0.25, -0.2) is 0 Å². The van der Waals surface area contributed by atoms with Gasteiger partial charge in [0.15, 0.2) is 0 Å². The molecule has 0 spiro atoms. The molecule has 0 saturated carbocycles. The van der Waals surface area contributed by atoms with Crippen LogP contribution in [0, 0.1) is 0 Å². The van der Waals surface area contributed by atoms with Gasteiger partial charge < -0.3 is 0 Å². The van der Waals surface area contributed by atoms with E-state index in [1.807, 2.05) is 11.3 Å². The average molecular weight is 244 g/mol. The fourth-order valence-electron chi connectivity index (χ4n) is 3.02. The molecule has 1 aliphatic heterocycles. The third kappa shape index (κ3) is 1.20. The topological polar surface area (TPSA) is 0 Å². The van der Waals surface area contributed by atoms with Gasteiger partial charge in [-0.2, -0.15) is 11.3 Å². The molecule has 0 fully saturated rings. The van der Waals surface area contributed by atoms with Gasteiger partial charge in [0.1, 0.15) is 8.07 Å². The number of hydrogen-bond acceptors (Lipinski definition) is 1. The maximum Gasteiger partial charge on any atom is 0.129 e. The highest BCUT2D eigenvalue weighted by atomic mass is 32.1. The second-order valence-corrected chi connectivity index (χ2v) is 10.3. The second-order valence-electron chi connectivity index (χ2n) is 4.79. The molecule has 0 N–H and O–H groups in total. The Hall–Kier alpha value is -0.863. The molecule has 1 aromatic heterocycles. The highest BCUT2D eigenvalue weighted by Gasteiger charge is 2.41. The van der Waals surface area contributed by atoms with Crippen molar-refractivity contribution in [3.8, 4) is 11.1 Å². The van der Waals surface area contributed by atoms with Crippen molar-refractivity contribution in [1.29, 1.82) is 0 Å². The first-order valence-electron chi connectivity index (χ1n) is 5.95. The third-order valence-corrected chi connectivity index (χ3v) is 10.6. The lowest BCUT2D eigenvalue weighted by molar-refractivity contribution is 1.06. The first-order chi connectivity index (χ1) is 7.77. The molecule has 0 nitrogen and oxygen atoms in total. The van der Waals surface area contributed by atoms with Gasteiger partial charge in [-0.3, -0.25) is 0 Å². The Balaban J connectivity index is 2.28. The van der Waals surface area contributed by atoms with Crippen molar-refractivity contribution in [3.63, 3.8) is 0 Å². The van der Waals surface area contributed by atoms with Crippen LogP contribution in [0.15, 0.2) is 35.7 Å². The van der Waals surface area contributed by atoms with Crippen LogP contribution in [0.4, 0.5) is 0 Å². The molecule has 1 atom stereocenters. The van der Waals surface area contributed by atoms with Crippen LogP contribution in [0.5, 0.6) is 0 Å². The van der Waals surface area contributed by atoms with E-state index in [-0.39, 0.29) is 0 Å². The van der Waals surface area contributed by atoms with Gasteiger partial charge in [-0.1, -0.05) is 44.2 Å². The maximum absolute atomic E-state index is 2.54. The summed E-state index contributed by atoms with van der Waals surface area (Å²) in [6.45, 7) is 4.85. The predicted molar refractivity (Wildman–Crippen MR) is 75.7 cm³/mol. The number of thiophene rings is 1. The van der Waals surface area contributed by atoms with E-state index in [1.54, 1.807) is 9.69 Å². The Labute approximate surface area is 102 Å². The van der Waals surface area contributed by atoms with Crippen molar-refractivity contribution in [2.24, 2.45) is 0 Å². The summed E-state index contributed by atoms with van der Waals surface area (Å²) < 4.78 is 1.70. The minimum atomic E-state index is -1.36. The van der Waals surface area contributed by atoms with Crippen LogP contribution in [0.2, 0.25) is 12.6 Å². The van der Waals surface area contributed by atoms with Gasteiger partial charge in [0.2, 0.25) is 0 Å². The van der Waals surface area contributed by atoms with Crippen molar-refractivity contribution in [3.05, 3.63) is 35.7 Å². The molecule has 82 valence electrons. The Bertz CT molecular complexity index is 529. The molecule has 1 unspecified atom stereocenters. The molecule has 0 amide bonds. The summed E-state index contributed by atoms with van der Waals surface area (Å²) in [4.78, 5) is 0. The van der Waals surface area contributed by atoms with E-state index in [9.17, 15) is 0 Å². The molecular formula is C14H16SSi. The average Bonchev–Trinajstić information content (AvgIpc) is 2.85. The van der Waals surface area contributed by atoms with E-state index in [1.165, 1.54) is 23.6 Å². The predicted octanol–water partition coefficient (Wildman–Crippen LogP) is 3.33. The summed E-state index contributed by atoms with van der Waals surface area (Å²) in [5.74, 6) is 0. The van der Waals surface area contributed by atoms with E-state index in [4.69, 9.17) is 0 Å². The lowest BCUT2D eigenvalue weighted by Crippen LogP contribution is -2.50. The van der Waals surface area contributed by atoms with E-state index in [2.05, 4.69) is 49.2 Å². The van der Waals surface area contributed by atoms with Crippen LogP contribution in [0.25, 0.3) is 11.1 Å². The number of hydrogen-bond donors (Lipinski definition) is 0. The molecule has 3 rings (SSSR count). The fraction of sp³-hybridized carbons (Fsp3) is 0.286. The zero-order valence-electron chi connectivity index (χ0n) is 9.79. The normalized spacial score (nSPS) is 21.9. The SMILES string of the molecule is CCC[Si]1(C)c2ccccc2-c2ccsc21. The summed E-state index contributed by atoms with van der Waals surface area (Å²) >= 11 is 1.98. The van der Waals surface area contributed by atoms with E-state index < -0.39 is 8.07 Å². The van der Waals surface area contributed by atoms with Crippen molar-refractivity contribution < 1.29 is 0 Å². The van der Waals surface area contributed by atoms with Crippen LogP contribution in [-0.4, -0.2) is 8.07 Å². The van der Waals surface area contributed by atoms with Gasteiger partial charge in [0.25, 0.3) is 0 Å². The number of fused-ring (bicyclic) bond motifs is 3. The monoisotopic (exact) mass is 244 g/mol. The first kappa shape index (κ1) is 10.3. The standard InChI is InChI=1S/C14H16SSi/c1-3-10-16(2)13-7-5-4-6-11(13)12-8-9-15-14(12)16/h4-9H,3,10H2,1-2H3. The number of benzene rings is 1. The molecule has 16 heavy (non-hydrogen) atoms. The third-order valence-electron chi connectivity index (χ3n) is 3.73. The Morgan fingerprint density at radius 3 is 2.75 bits per heavy atom. The summed E-state index contributed by atoms with van der Waals surface area (Å²) in [6.07, 6.45) is 1.30. The lowest BCUT2D eigenvalue weighted by atomic mass is 10.1. The van der Waals surface area contributed by atoms with Gasteiger partial charge >= 0.3 is 0 Å². The molecule has 0 aliphatic carbocycles. The minimum absolute atomic E-state index is 1.30. The molecule has 0 radical (unpaired) electrons. The fourth-order valence-corrected chi connectivity index (χ4v) is 9.37. The zero-order valence-corrected chi connectivity index (χ0v) is 11.6. The molecule has 0 bridgehead atoms. The van der Waals surface area contributed by atoms with E-state index >= 15 is 0 Å². The van der Waals surface area contributed by atoms with Crippen LogP contribution in [-0.2, 0) is 0 Å². The van der Waals surface area contributed by atoms with Crippen molar-refractivity contribution in [2.75, 3.05) is 0 Å². The van der Waals surface area contributed by atoms with Crippen LogP contribution >= 0.6 is 11.3 Å². The van der Waals surface area contributed by atoms with Gasteiger partial charge in [-0.05, 0) is 33.8 Å². The molecule has 2 heteroatoms. The Kier molecular flexibility index (Phi) is 2.30. The summed E-state index contributed by atoms with van der Waals surface area (Å²) in [7, 11) is -1.36. The number of rotatable bonds is 2. The molecule has 1 aromatic carbocycles. The van der Waals surface area contributed by atoms with Crippen molar-refractivity contribution in [1.82, 2.24) is 0 Å². The van der Waals surface area contributed by atoms with Crippen molar-refractivity contribution in [2.45, 2.75) is 25.9 Å². The maximum atomic E-state index is 2.54. The minimum Gasteiger partial charge on any atom is -0.152 e. The summed E-state index contributed by atoms with van der Waals surface area (Å²) in [5.41, 5.74) is 3.05. The second kappa shape index (κ2) is 3.57. The van der Waals surface area contributed by atoms with Crippen LogP contribution in [0.3, 0.4) is 0 Å². The molecular weight excluding hydrogens is 228 g/mol. The quantitative estimate of drug-likeness (QED) is 0.711. The zero-order chi connectivity index (χ0) is 11.2. The Morgan fingerprint density at radius 2 is 1.94 bits per heavy atom. The molecule has 0 saturated heterocycles. The van der Waals surface area contributed by atoms with Crippen molar-refractivity contribution >= 4 is 29.1 Å². The largest absolute Gasteiger partial charge is 0.152 e. The smallest absolute Gasteiger partial charge is 0.129 e. The highest BCUT2D eigenvalue weighted by Crippen LogP contribution is 2.33. The van der Waals surface area contributed by atoms with E-state index in [0.717, 1.165) is 0 Å². The Morgan fingerprint density at radius 1 is 1.12 bits per heavy atom. The molecule has 2 aromatic rings. The first-order valence-corrected chi connectivity index (χ1v) is 9.54. The van der Waals surface area contributed by atoms with Crippen LogP contribution < -0.4 is 9.69 Å². The van der Waals surface area contributed by atoms with Gasteiger partial charge in [-0.15, -0.1) is 0 Å². The highest BCUT2D eigenvalue weighted by molar-refractivity contribution is 7.30. The summed E-state index contributed by atoms with van der Waals surface area (Å²) in [6, 6.07) is 12.7. The van der Waals surface area contributed by atoms with E-state index in [0.29, 0.717) is 0 Å². The van der Waals surface area contributed by atoms with Gasteiger partial charge in [0.05, 0.1) is 0 Å². The van der Waals surface area contributed by atoms with Gasteiger partial charge in [0, 0.05) is 4.50 Å². The lowest BCUT2D eigenvalue weighted by Gasteiger charge is -2.22. The van der Waals surface area contributed by atoms with Crippen LogP contribution in [0.1, 0.15) is 13.3 Å². The molecule has 1 aliphatic rings. The summed E-state index contributed by atoms with van der Waals surface area (Å²) in [5, 5.41) is 3.93. The molecule has 2 heterocycles.